The van der Waals surface area contributed by atoms with Crippen molar-refractivity contribution in [1.82, 2.24) is 4.98 Å². The lowest BCUT2D eigenvalue weighted by molar-refractivity contribution is -0.137. The van der Waals surface area contributed by atoms with E-state index in [-0.39, 0.29) is 12.1 Å². The minimum absolute atomic E-state index is 0.0833. The first kappa shape index (κ1) is 14.8. The van der Waals surface area contributed by atoms with Gasteiger partial charge in [-0.1, -0.05) is 12.1 Å². The summed E-state index contributed by atoms with van der Waals surface area (Å²) in [6, 6.07) is 7.42. The molecule has 7 heteroatoms. The SMILES string of the molecule is O=C(O)c1ccnc(NCc2ccc(C(F)(F)F)cc2)c1. The number of aromatic carboxylic acids is 1. The van der Waals surface area contributed by atoms with Crippen LogP contribution >= 0.6 is 0 Å². The number of aromatic nitrogens is 1. The highest BCUT2D eigenvalue weighted by Crippen LogP contribution is 2.29. The van der Waals surface area contributed by atoms with Crippen molar-refractivity contribution in [2.75, 3.05) is 5.32 Å². The van der Waals surface area contributed by atoms with Crippen molar-refractivity contribution < 1.29 is 23.1 Å². The maximum atomic E-state index is 12.4. The second kappa shape index (κ2) is 5.82. The Hall–Kier alpha value is -2.57. The monoisotopic (exact) mass is 296 g/mol. The topological polar surface area (TPSA) is 62.2 Å². The number of nitrogens with zero attached hydrogens (tertiary/aromatic N) is 1. The van der Waals surface area contributed by atoms with Crippen LogP contribution in [0.1, 0.15) is 21.5 Å². The van der Waals surface area contributed by atoms with Gasteiger partial charge in [-0.25, -0.2) is 9.78 Å². The predicted molar refractivity (Wildman–Crippen MR) is 70.0 cm³/mol. The van der Waals surface area contributed by atoms with E-state index in [1.165, 1.54) is 30.5 Å². The van der Waals surface area contributed by atoms with Crippen molar-refractivity contribution in [2.45, 2.75) is 12.7 Å². The Kier molecular flexibility index (Phi) is 4.11. The van der Waals surface area contributed by atoms with E-state index in [9.17, 15) is 18.0 Å². The van der Waals surface area contributed by atoms with Gasteiger partial charge in [0.15, 0.2) is 0 Å². The van der Waals surface area contributed by atoms with E-state index in [2.05, 4.69) is 10.3 Å². The second-order valence-corrected chi connectivity index (χ2v) is 4.28. The lowest BCUT2D eigenvalue weighted by Crippen LogP contribution is -2.06. The molecule has 0 saturated heterocycles. The Labute approximate surface area is 118 Å². The molecule has 0 amide bonds. The molecule has 0 aliphatic carbocycles. The quantitative estimate of drug-likeness (QED) is 0.907. The van der Waals surface area contributed by atoms with Gasteiger partial charge in [0.05, 0.1) is 11.1 Å². The summed E-state index contributed by atoms with van der Waals surface area (Å²) in [5, 5.41) is 11.7. The zero-order valence-corrected chi connectivity index (χ0v) is 10.7. The number of carbonyl (C=O) groups is 1. The Bertz CT molecular complexity index is 639. The number of nitrogens with one attached hydrogen (secondary N) is 1. The standard InChI is InChI=1S/C14H11F3N2O2/c15-14(16,17)11-3-1-9(2-4-11)8-19-12-7-10(13(20)21)5-6-18-12/h1-7H,8H2,(H,18,19)(H,20,21). The first-order valence-electron chi connectivity index (χ1n) is 5.95. The van der Waals surface area contributed by atoms with Crippen molar-refractivity contribution in [2.24, 2.45) is 0 Å². The Morgan fingerprint density at radius 2 is 1.86 bits per heavy atom. The lowest BCUT2D eigenvalue weighted by atomic mass is 10.1. The molecule has 0 radical (unpaired) electrons. The van der Waals surface area contributed by atoms with Crippen LogP contribution in [0.3, 0.4) is 0 Å². The second-order valence-electron chi connectivity index (χ2n) is 4.28. The van der Waals surface area contributed by atoms with Gasteiger partial charge in [0, 0.05) is 12.7 Å². The maximum absolute atomic E-state index is 12.4. The Morgan fingerprint density at radius 1 is 1.19 bits per heavy atom. The number of carboxylic acids is 1. The van der Waals surface area contributed by atoms with E-state index in [0.717, 1.165) is 12.1 Å². The number of alkyl halides is 3. The van der Waals surface area contributed by atoms with Crippen LogP contribution in [0.4, 0.5) is 19.0 Å². The van der Waals surface area contributed by atoms with Gasteiger partial charge in [0.1, 0.15) is 5.82 Å². The maximum Gasteiger partial charge on any atom is 0.416 e. The fraction of sp³-hybridized carbons (Fsp3) is 0.143. The molecule has 0 atom stereocenters. The molecule has 0 bridgehead atoms. The molecule has 2 aromatic rings. The average Bonchev–Trinajstić information content (AvgIpc) is 2.45. The van der Waals surface area contributed by atoms with Crippen LogP contribution in [0.2, 0.25) is 0 Å². The molecule has 2 rings (SSSR count). The van der Waals surface area contributed by atoms with Crippen molar-refractivity contribution >= 4 is 11.8 Å². The first-order chi connectivity index (χ1) is 9.86. The van der Waals surface area contributed by atoms with Gasteiger partial charge in [-0.2, -0.15) is 13.2 Å². The third-order valence-electron chi connectivity index (χ3n) is 2.76. The van der Waals surface area contributed by atoms with Crippen molar-refractivity contribution in [1.29, 1.82) is 0 Å². The van der Waals surface area contributed by atoms with Crippen molar-refractivity contribution in [3.63, 3.8) is 0 Å². The van der Waals surface area contributed by atoms with Gasteiger partial charge in [0.25, 0.3) is 0 Å². The molecule has 2 N–H and O–H groups in total. The summed E-state index contributed by atoms with van der Waals surface area (Å²) in [6.07, 6.45) is -3.01. The molecule has 110 valence electrons. The molecule has 0 fully saturated rings. The number of pyridine rings is 1. The predicted octanol–water partition coefficient (Wildman–Crippen LogP) is 3.41. The molecule has 0 unspecified atom stereocenters. The van der Waals surface area contributed by atoms with Crippen LogP contribution in [0.25, 0.3) is 0 Å². The first-order valence-corrected chi connectivity index (χ1v) is 5.95. The molecule has 21 heavy (non-hydrogen) atoms. The third-order valence-corrected chi connectivity index (χ3v) is 2.76. The number of rotatable bonds is 4. The molecule has 0 aliphatic rings. The third kappa shape index (κ3) is 3.95. The summed E-state index contributed by atoms with van der Waals surface area (Å²) >= 11 is 0. The van der Waals surface area contributed by atoms with Crippen LogP contribution in [-0.4, -0.2) is 16.1 Å². The van der Waals surface area contributed by atoms with E-state index in [4.69, 9.17) is 5.11 Å². The summed E-state index contributed by atoms with van der Waals surface area (Å²) < 4.78 is 37.2. The number of benzene rings is 1. The largest absolute Gasteiger partial charge is 0.478 e. The normalized spacial score (nSPS) is 11.2. The molecular formula is C14H11F3N2O2. The van der Waals surface area contributed by atoms with Gasteiger partial charge in [-0.15, -0.1) is 0 Å². The molecule has 4 nitrogen and oxygen atoms in total. The van der Waals surface area contributed by atoms with E-state index < -0.39 is 17.7 Å². The molecule has 0 saturated carbocycles. The van der Waals surface area contributed by atoms with Crippen LogP contribution in [0.5, 0.6) is 0 Å². The summed E-state index contributed by atoms with van der Waals surface area (Å²) in [5.41, 5.74) is 0.00250. The highest BCUT2D eigenvalue weighted by molar-refractivity contribution is 5.88. The van der Waals surface area contributed by atoms with Crippen molar-refractivity contribution in [3.05, 3.63) is 59.3 Å². The van der Waals surface area contributed by atoms with Gasteiger partial charge in [-0.3, -0.25) is 0 Å². The highest BCUT2D eigenvalue weighted by atomic mass is 19.4. The highest BCUT2D eigenvalue weighted by Gasteiger charge is 2.29. The molecule has 0 aliphatic heterocycles. The molecule has 1 aromatic carbocycles. The van der Waals surface area contributed by atoms with Gasteiger partial charge in [0.2, 0.25) is 0 Å². The molecule has 1 aromatic heterocycles. The van der Waals surface area contributed by atoms with Crippen LogP contribution < -0.4 is 5.32 Å². The smallest absolute Gasteiger partial charge is 0.416 e. The molecular weight excluding hydrogens is 285 g/mol. The van der Waals surface area contributed by atoms with E-state index in [0.29, 0.717) is 11.4 Å². The van der Waals surface area contributed by atoms with E-state index in [1.807, 2.05) is 0 Å². The number of hydrogen-bond donors (Lipinski definition) is 2. The summed E-state index contributed by atoms with van der Waals surface area (Å²) in [7, 11) is 0. The summed E-state index contributed by atoms with van der Waals surface area (Å²) in [4.78, 5) is 14.7. The zero-order valence-electron chi connectivity index (χ0n) is 10.7. The van der Waals surface area contributed by atoms with Gasteiger partial charge < -0.3 is 10.4 Å². The summed E-state index contributed by atoms with van der Waals surface area (Å²) in [5.74, 6) is -0.732. The number of anilines is 1. The fourth-order valence-electron chi connectivity index (χ4n) is 1.66. The number of hydrogen-bond acceptors (Lipinski definition) is 3. The van der Waals surface area contributed by atoms with Crippen LogP contribution in [-0.2, 0) is 12.7 Å². The lowest BCUT2D eigenvalue weighted by Gasteiger charge is -2.09. The number of carboxylic acid groups (broad SMARTS) is 1. The van der Waals surface area contributed by atoms with Gasteiger partial charge in [-0.05, 0) is 29.8 Å². The van der Waals surface area contributed by atoms with E-state index in [1.54, 1.807) is 0 Å². The Balaban J connectivity index is 2.03. The Morgan fingerprint density at radius 3 is 2.43 bits per heavy atom. The van der Waals surface area contributed by atoms with Gasteiger partial charge >= 0.3 is 12.1 Å². The number of halogens is 3. The van der Waals surface area contributed by atoms with Crippen LogP contribution in [0.15, 0.2) is 42.6 Å². The molecule has 0 spiro atoms. The minimum Gasteiger partial charge on any atom is -0.478 e. The van der Waals surface area contributed by atoms with Crippen molar-refractivity contribution in [3.8, 4) is 0 Å². The average molecular weight is 296 g/mol. The van der Waals surface area contributed by atoms with E-state index >= 15 is 0 Å². The fourth-order valence-corrected chi connectivity index (χ4v) is 1.66. The minimum atomic E-state index is -4.36. The summed E-state index contributed by atoms with van der Waals surface area (Å²) in [6.45, 7) is 0.244. The zero-order chi connectivity index (χ0) is 15.5. The van der Waals surface area contributed by atoms with Crippen LogP contribution in [0, 0.1) is 0 Å². The molecule has 1 heterocycles.